The summed E-state index contributed by atoms with van der Waals surface area (Å²) in [7, 11) is 0. The molecule has 0 saturated heterocycles. The molecule has 1 aromatic carbocycles. The second kappa shape index (κ2) is 6.60. The molecule has 4 nitrogen and oxygen atoms in total. The molecule has 0 fully saturated rings. The smallest absolute Gasteiger partial charge is 0.273 e. The molecule has 2 aromatic heterocycles. The molecule has 3 aromatic rings. The van der Waals surface area contributed by atoms with Crippen molar-refractivity contribution < 1.29 is 21.5 Å². The number of aromatic nitrogens is 3. The molecule has 0 aliphatic heterocycles. The van der Waals surface area contributed by atoms with Crippen LogP contribution >= 0.6 is 28.3 Å². The van der Waals surface area contributed by atoms with Crippen LogP contribution in [-0.4, -0.2) is 9.97 Å². The van der Waals surface area contributed by atoms with E-state index in [4.69, 9.17) is 5.73 Å². The van der Waals surface area contributed by atoms with E-state index in [1.165, 1.54) is 4.70 Å². The molecule has 0 bridgehead atoms. The van der Waals surface area contributed by atoms with Crippen molar-refractivity contribution >= 4 is 44.4 Å². The minimum atomic E-state index is 0. The first kappa shape index (κ1) is 17.0. The Morgan fingerprint density at radius 2 is 1.90 bits per heavy atom. The normalized spacial score (nSPS) is 9.90. The van der Waals surface area contributed by atoms with Crippen molar-refractivity contribution in [2.75, 3.05) is 5.73 Å². The van der Waals surface area contributed by atoms with E-state index in [1.54, 1.807) is 17.5 Å². The topological polar surface area (TPSA) is 55.7 Å². The third-order valence-corrected chi connectivity index (χ3v) is 3.88. The Morgan fingerprint density at radius 1 is 1.20 bits per heavy atom. The Kier molecular flexibility index (Phi) is 5.61. The lowest BCUT2D eigenvalue weighted by molar-refractivity contribution is -0.568. The monoisotopic (exact) mass is 416 g/mol. The fourth-order valence-corrected chi connectivity index (χ4v) is 3.07. The first-order valence-corrected chi connectivity index (χ1v) is 6.48. The summed E-state index contributed by atoms with van der Waals surface area (Å²) in [4.78, 5) is 8.46. The maximum Gasteiger partial charge on any atom is 0.273 e. The molecule has 7 heteroatoms. The zero-order valence-electron chi connectivity index (χ0n) is 11.0. The van der Waals surface area contributed by atoms with Gasteiger partial charge in [-0.15, -0.1) is 21.5 Å². The van der Waals surface area contributed by atoms with E-state index in [1.807, 2.05) is 19.1 Å². The van der Waals surface area contributed by atoms with Crippen molar-refractivity contribution in [1.82, 2.24) is 9.97 Å². The summed E-state index contributed by atoms with van der Waals surface area (Å²) in [6.45, 7) is 3.91. The lowest BCUT2D eigenvalue weighted by Gasteiger charge is -1.99. The Bertz CT molecular complexity index is 742. The summed E-state index contributed by atoms with van der Waals surface area (Å²) in [5, 5.41) is 1.16. The van der Waals surface area contributed by atoms with Gasteiger partial charge < -0.3 is 22.7 Å². The zero-order chi connectivity index (χ0) is 12.7. The molecular formula is C13H14Br2N4S. The lowest BCUT2D eigenvalue weighted by atomic mass is 10.3. The van der Waals surface area contributed by atoms with Gasteiger partial charge in [-0.25, -0.2) is 9.97 Å². The third kappa shape index (κ3) is 2.84. The fraction of sp³-hybridized carbons (Fsp3) is 0.154. The summed E-state index contributed by atoms with van der Waals surface area (Å²) in [5.74, 6) is 1.20. The second-order valence-corrected chi connectivity index (χ2v) is 5.35. The molecule has 0 radical (unpaired) electrons. The number of benzene rings is 1. The van der Waals surface area contributed by atoms with E-state index in [9.17, 15) is 0 Å². The van der Waals surface area contributed by atoms with Gasteiger partial charge in [-0.2, -0.15) is 0 Å². The molecule has 0 unspecified atom stereocenters. The van der Waals surface area contributed by atoms with Crippen LogP contribution in [-0.2, 0) is 0 Å². The number of fused-ring (bicyclic) bond motifs is 1. The van der Waals surface area contributed by atoms with Crippen molar-refractivity contribution in [3.8, 4) is 5.69 Å². The molecule has 0 saturated carbocycles. The molecule has 0 spiro atoms. The Labute approximate surface area is 142 Å². The number of aryl methyl sites for hydroxylation is 2. The molecule has 0 amide bonds. The molecular weight excluding hydrogens is 404 g/mol. The fourth-order valence-electron chi connectivity index (χ4n) is 2.06. The Hall–Kier alpha value is -1.05. The highest BCUT2D eigenvalue weighted by atomic mass is 79.9. The minimum Gasteiger partial charge on any atom is -1.00 e. The van der Waals surface area contributed by atoms with Gasteiger partial charge in [0, 0.05) is 13.0 Å². The van der Waals surface area contributed by atoms with Gasteiger partial charge in [0.1, 0.15) is 16.7 Å². The maximum absolute atomic E-state index is 6.01. The molecule has 0 aliphatic rings. The number of halogens is 2. The number of hydrogen-bond acceptors (Lipinski definition) is 4. The van der Waals surface area contributed by atoms with Crippen LogP contribution in [0.2, 0.25) is 0 Å². The van der Waals surface area contributed by atoms with Crippen LogP contribution < -0.4 is 27.3 Å². The summed E-state index contributed by atoms with van der Waals surface area (Å²) in [5.41, 5.74) is 7.99. The van der Waals surface area contributed by atoms with Crippen LogP contribution in [0.5, 0.6) is 0 Å². The summed E-state index contributed by atoms with van der Waals surface area (Å²) < 4.78 is 3.34. The highest BCUT2D eigenvalue weighted by Crippen LogP contribution is 2.22. The second-order valence-electron chi connectivity index (χ2n) is 4.11. The van der Waals surface area contributed by atoms with Crippen molar-refractivity contribution in [2.45, 2.75) is 13.8 Å². The van der Waals surface area contributed by atoms with E-state index in [-0.39, 0.29) is 34.0 Å². The summed E-state index contributed by atoms with van der Waals surface area (Å²) in [6.07, 6.45) is 1.78. The number of nitrogens with two attached hydrogens (primary N) is 1. The number of hydrogen-bond donors (Lipinski definition) is 1. The molecule has 0 aliphatic carbocycles. The van der Waals surface area contributed by atoms with Crippen LogP contribution in [0.3, 0.4) is 0 Å². The Balaban J connectivity index is 0.000001000. The van der Waals surface area contributed by atoms with Crippen LogP contribution in [0.25, 0.3) is 15.9 Å². The number of rotatable bonds is 1. The number of nitrogens with zero attached hydrogens (tertiary/aromatic N) is 3. The highest BCUT2D eigenvalue weighted by molar-refractivity contribution is 8.93. The van der Waals surface area contributed by atoms with Crippen LogP contribution in [0.15, 0.2) is 30.5 Å². The highest BCUT2D eigenvalue weighted by Gasteiger charge is 2.22. The number of para-hydroxylation sites is 1. The largest absolute Gasteiger partial charge is 1.00 e. The molecule has 2 N–H and O–H groups in total. The molecule has 106 valence electrons. The lowest BCUT2D eigenvalue weighted by Crippen LogP contribution is -3.00. The van der Waals surface area contributed by atoms with Gasteiger partial charge in [0.2, 0.25) is 16.3 Å². The average molecular weight is 418 g/mol. The average Bonchev–Trinajstić information content (AvgIpc) is 2.66. The van der Waals surface area contributed by atoms with Gasteiger partial charge in [0.15, 0.2) is 0 Å². The van der Waals surface area contributed by atoms with Crippen LogP contribution in [0.1, 0.15) is 10.8 Å². The molecule has 2 heterocycles. The van der Waals surface area contributed by atoms with E-state index in [2.05, 4.69) is 33.6 Å². The number of thiazole rings is 1. The van der Waals surface area contributed by atoms with E-state index < -0.39 is 0 Å². The van der Waals surface area contributed by atoms with Crippen LogP contribution in [0.4, 0.5) is 5.82 Å². The van der Waals surface area contributed by atoms with E-state index >= 15 is 0 Å². The maximum atomic E-state index is 6.01. The van der Waals surface area contributed by atoms with E-state index in [0.29, 0.717) is 11.6 Å². The number of anilines is 1. The molecule has 0 atom stereocenters. The van der Waals surface area contributed by atoms with Gasteiger partial charge in [0.05, 0.1) is 0 Å². The standard InChI is InChI=1S/C13H13N4S.2BrH/c1-8-15-7-11(13(14)16-8)17-9(2)18-12-6-4-3-5-10(12)17;;/h3-7H,1-2H3,(H2,14,15,16);2*1H/q+1;;/p-1. The molecule has 3 rings (SSSR count). The first-order valence-electron chi connectivity index (χ1n) is 5.66. The predicted octanol–water partition coefficient (Wildman–Crippen LogP) is -0.251. The summed E-state index contributed by atoms with van der Waals surface area (Å²) >= 11 is 1.74. The van der Waals surface area contributed by atoms with Crippen molar-refractivity contribution in [2.24, 2.45) is 0 Å². The zero-order valence-corrected chi connectivity index (χ0v) is 15.1. The number of nitrogen functional groups attached to an aromatic ring is 1. The van der Waals surface area contributed by atoms with Crippen molar-refractivity contribution in [1.29, 1.82) is 0 Å². The van der Waals surface area contributed by atoms with Gasteiger partial charge >= 0.3 is 0 Å². The minimum absolute atomic E-state index is 0. The first-order chi connectivity index (χ1) is 8.66. The summed E-state index contributed by atoms with van der Waals surface area (Å²) in [6, 6.07) is 8.25. The van der Waals surface area contributed by atoms with Crippen LogP contribution in [0, 0.1) is 13.8 Å². The van der Waals surface area contributed by atoms with Gasteiger partial charge in [-0.05, 0) is 13.0 Å². The third-order valence-electron chi connectivity index (χ3n) is 2.84. The predicted molar refractivity (Wildman–Crippen MR) is 83.2 cm³/mol. The Morgan fingerprint density at radius 3 is 2.60 bits per heavy atom. The quantitative estimate of drug-likeness (QED) is 0.555. The van der Waals surface area contributed by atoms with Crippen molar-refractivity contribution in [3.05, 3.63) is 41.3 Å². The van der Waals surface area contributed by atoms with Gasteiger partial charge in [-0.1, -0.05) is 23.5 Å². The SMILES string of the molecule is Br.Cc1ncc(-[n+]2c(C)sc3ccccc32)c(N)n1.[Br-]. The molecule has 20 heavy (non-hydrogen) atoms. The van der Waals surface area contributed by atoms with Gasteiger partial charge in [-0.3, -0.25) is 0 Å². The van der Waals surface area contributed by atoms with Crippen molar-refractivity contribution in [3.63, 3.8) is 0 Å². The van der Waals surface area contributed by atoms with Gasteiger partial charge in [0.25, 0.3) is 5.69 Å². The van der Waals surface area contributed by atoms with E-state index in [0.717, 1.165) is 16.2 Å².